The molecule has 63 heavy (non-hydrogen) atoms. The summed E-state index contributed by atoms with van der Waals surface area (Å²) in [5.41, 5.74) is 0. The van der Waals surface area contributed by atoms with E-state index in [0.717, 1.165) is 109 Å². The second-order valence-electron chi connectivity index (χ2n) is 15.6. The van der Waals surface area contributed by atoms with E-state index in [4.69, 9.17) is 14.2 Å². The standard InChI is InChI=1S/C57H88O6/c1-4-7-10-13-16-19-22-24-25-26-27-28-29-30-31-33-35-38-41-44-47-50-56(59)62-53-54(52-61-55(58)49-46-43-40-37-34-21-18-15-12-9-6-3)63-57(60)51-48-45-42-39-36-32-23-20-17-14-11-8-5-2/h7-8,10-11,15-20,24-25,27-28,30-32,35-36,38,42,45,54H,4-6,9,12-14,21-23,26,29,33-34,37,39-41,43-44,46-53H2,1-3H3/b10-7-,11-8-,18-15-,19-16-,20-17-,25-24-,28-27-,31-30-,36-32-,38-35-,45-42-. The molecule has 0 aromatic carbocycles. The van der Waals surface area contributed by atoms with Crippen molar-refractivity contribution in [2.24, 2.45) is 0 Å². The van der Waals surface area contributed by atoms with Gasteiger partial charge in [-0.25, -0.2) is 0 Å². The monoisotopic (exact) mass is 869 g/mol. The summed E-state index contributed by atoms with van der Waals surface area (Å²) >= 11 is 0. The molecule has 0 amide bonds. The third kappa shape index (κ3) is 48.4. The first kappa shape index (κ1) is 58.6. The second kappa shape index (κ2) is 50.2. The molecule has 0 aliphatic rings. The molecule has 352 valence electrons. The van der Waals surface area contributed by atoms with Crippen LogP contribution >= 0.6 is 0 Å². The number of ether oxygens (including phenoxy) is 3. The predicted octanol–water partition coefficient (Wildman–Crippen LogP) is 16.3. The number of esters is 3. The Labute approximate surface area is 385 Å². The van der Waals surface area contributed by atoms with Gasteiger partial charge in [-0.15, -0.1) is 0 Å². The molecule has 0 fully saturated rings. The van der Waals surface area contributed by atoms with Crippen molar-refractivity contribution in [3.05, 3.63) is 134 Å². The van der Waals surface area contributed by atoms with Crippen LogP contribution in [0, 0.1) is 0 Å². The lowest BCUT2D eigenvalue weighted by Gasteiger charge is -2.18. The molecule has 0 N–H and O–H groups in total. The van der Waals surface area contributed by atoms with Crippen molar-refractivity contribution in [2.75, 3.05) is 13.2 Å². The van der Waals surface area contributed by atoms with E-state index in [2.05, 4.69) is 142 Å². The number of hydrogen-bond donors (Lipinski definition) is 0. The predicted molar refractivity (Wildman–Crippen MR) is 269 cm³/mol. The van der Waals surface area contributed by atoms with Gasteiger partial charge in [0.05, 0.1) is 0 Å². The highest BCUT2D eigenvalue weighted by Crippen LogP contribution is 2.11. The summed E-state index contributed by atoms with van der Waals surface area (Å²) in [7, 11) is 0. The molecule has 0 heterocycles. The van der Waals surface area contributed by atoms with Crippen LogP contribution in [0.3, 0.4) is 0 Å². The summed E-state index contributed by atoms with van der Waals surface area (Å²) in [6.45, 7) is 6.23. The van der Waals surface area contributed by atoms with Crippen molar-refractivity contribution in [3.63, 3.8) is 0 Å². The van der Waals surface area contributed by atoms with Gasteiger partial charge in [-0.05, 0) is 116 Å². The molecule has 0 rings (SSSR count). The maximum atomic E-state index is 12.7. The van der Waals surface area contributed by atoms with Crippen LogP contribution in [0.2, 0.25) is 0 Å². The minimum atomic E-state index is -0.841. The van der Waals surface area contributed by atoms with E-state index < -0.39 is 12.1 Å². The van der Waals surface area contributed by atoms with E-state index >= 15 is 0 Å². The summed E-state index contributed by atoms with van der Waals surface area (Å²) in [5, 5.41) is 0. The zero-order valence-electron chi connectivity index (χ0n) is 40.0. The number of unbranched alkanes of at least 4 members (excludes halogenated alkanes) is 9. The van der Waals surface area contributed by atoms with E-state index in [1.165, 1.54) is 25.7 Å². The van der Waals surface area contributed by atoms with Gasteiger partial charge in [0, 0.05) is 19.3 Å². The minimum Gasteiger partial charge on any atom is -0.462 e. The van der Waals surface area contributed by atoms with Crippen LogP contribution in [0.15, 0.2) is 134 Å². The van der Waals surface area contributed by atoms with Crippen LogP contribution in [-0.2, 0) is 28.6 Å². The van der Waals surface area contributed by atoms with Gasteiger partial charge in [0.25, 0.3) is 0 Å². The third-order valence-electron chi connectivity index (χ3n) is 9.63. The van der Waals surface area contributed by atoms with Crippen molar-refractivity contribution >= 4 is 17.9 Å². The maximum absolute atomic E-state index is 12.7. The Balaban J connectivity index is 4.54. The summed E-state index contributed by atoms with van der Waals surface area (Å²) in [6.07, 6.45) is 70.2. The maximum Gasteiger partial charge on any atom is 0.306 e. The highest BCUT2D eigenvalue weighted by atomic mass is 16.6. The first-order chi connectivity index (χ1) is 31.0. The van der Waals surface area contributed by atoms with Gasteiger partial charge in [-0.2, -0.15) is 0 Å². The van der Waals surface area contributed by atoms with Gasteiger partial charge in [-0.3, -0.25) is 14.4 Å². The first-order valence-electron chi connectivity index (χ1n) is 24.7. The summed E-state index contributed by atoms with van der Waals surface area (Å²) in [4.78, 5) is 37.8. The van der Waals surface area contributed by atoms with E-state index in [-0.39, 0.29) is 38.0 Å². The highest BCUT2D eigenvalue weighted by molar-refractivity contribution is 5.71. The SMILES string of the molecule is CC/C=C\C/C=C\C/C=C\C/C=C\C/C=C\C/C=C\CCCCC(=O)OCC(COC(=O)CCCCCCC/C=C\CCCC)OC(=O)CC/C=C\C/C=C\C/C=C\C/C=C\CC. The number of hydrogen-bond acceptors (Lipinski definition) is 6. The van der Waals surface area contributed by atoms with Gasteiger partial charge in [-0.1, -0.05) is 187 Å². The molecular weight excluding hydrogens is 781 g/mol. The Morgan fingerprint density at radius 1 is 0.333 bits per heavy atom. The number of carbonyl (C=O) groups is 3. The molecule has 0 aliphatic carbocycles. The number of carbonyl (C=O) groups excluding carboxylic acids is 3. The van der Waals surface area contributed by atoms with E-state index in [1.54, 1.807) is 0 Å². The van der Waals surface area contributed by atoms with Crippen LogP contribution in [0.25, 0.3) is 0 Å². The normalized spacial score (nSPS) is 13.3. The van der Waals surface area contributed by atoms with Crippen molar-refractivity contribution < 1.29 is 28.6 Å². The molecule has 0 aliphatic heterocycles. The summed E-state index contributed by atoms with van der Waals surface area (Å²) in [5.74, 6) is -1.08. The van der Waals surface area contributed by atoms with Gasteiger partial charge in [0.2, 0.25) is 0 Å². The average Bonchev–Trinajstić information content (AvgIpc) is 3.28. The molecule has 1 atom stereocenters. The molecule has 0 aromatic rings. The Morgan fingerprint density at radius 2 is 0.651 bits per heavy atom. The fourth-order valence-electron chi connectivity index (χ4n) is 5.97. The molecule has 0 spiro atoms. The van der Waals surface area contributed by atoms with Crippen molar-refractivity contribution in [3.8, 4) is 0 Å². The molecule has 1 unspecified atom stereocenters. The Bertz CT molecular complexity index is 1420. The van der Waals surface area contributed by atoms with Gasteiger partial charge >= 0.3 is 17.9 Å². The smallest absolute Gasteiger partial charge is 0.306 e. The van der Waals surface area contributed by atoms with Crippen LogP contribution < -0.4 is 0 Å². The topological polar surface area (TPSA) is 78.9 Å². The molecule has 0 saturated carbocycles. The fourth-order valence-corrected chi connectivity index (χ4v) is 5.97. The average molecular weight is 869 g/mol. The molecule has 0 bridgehead atoms. The van der Waals surface area contributed by atoms with E-state index in [1.807, 2.05) is 12.2 Å². The number of allylic oxidation sites excluding steroid dienone is 22. The lowest BCUT2D eigenvalue weighted by molar-refractivity contribution is -0.166. The van der Waals surface area contributed by atoms with E-state index in [9.17, 15) is 14.4 Å². The Kier molecular flexibility index (Phi) is 46.7. The fraction of sp³-hybridized carbons (Fsp3) is 0.561. The highest BCUT2D eigenvalue weighted by Gasteiger charge is 2.19. The zero-order chi connectivity index (χ0) is 45.8. The van der Waals surface area contributed by atoms with Gasteiger partial charge < -0.3 is 14.2 Å². The van der Waals surface area contributed by atoms with Gasteiger partial charge in [0.1, 0.15) is 13.2 Å². The molecule has 0 aromatic heterocycles. The van der Waals surface area contributed by atoms with Crippen molar-refractivity contribution in [1.29, 1.82) is 0 Å². The van der Waals surface area contributed by atoms with E-state index in [0.29, 0.717) is 19.3 Å². The van der Waals surface area contributed by atoms with Crippen LogP contribution in [-0.4, -0.2) is 37.2 Å². The Hall–Kier alpha value is -4.45. The lowest BCUT2D eigenvalue weighted by Crippen LogP contribution is -2.30. The zero-order valence-corrected chi connectivity index (χ0v) is 40.0. The van der Waals surface area contributed by atoms with Crippen LogP contribution in [0.1, 0.15) is 188 Å². The van der Waals surface area contributed by atoms with Crippen LogP contribution in [0.4, 0.5) is 0 Å². The van der Waals surface area contributed by atoms with Crippen molar-refractivity contribution in [2.45, 2.75) is 194 Å². The third-order valence-corrected chi connectivity index (χ3v) is 9.63. The minimum absolute atomic E-state index is 0.130. The Morgan fingerprint density at radius 3 is 1.08 bits per heavy atom. The summed E-state index contributed by atoms with van der Waals surface area (Å²) < 4.78 is 16.6. The lowest BCUT2D eigenvalue weighted by atomic mass is 10.1. The van der Waals surface area contributed by atoms with Gasteiger partial charge in [0.15, 0.2) is 6.10 Å². The second-order valence-corrected chi connectivity index (χ2v) is 15.6. The van der Waals surface area contributed by atoms with Crippen molar-refractivity contribution in [1.82, 2.24) is 0 Å². The molecule has 0 radical (unpaired) electrons. The molecule has 6 heteroatoms. The number of rotatable bonds is 42. The molecule has 0 saturated heterocycles. The van der Waals surface area contributed by atoms with Crippen LogP contribution in [0.5, 0.6) is 0 Å². The largest absolute Gasteiger partial charge is 0.462 e. The molecular formula is C57H88O6. The molecule has 6 nitrogen and oxygen atoms in total. The first-order valence-corrected chi connectivity index (χ1v) is 24.7. The quantitative estimate of drug-likeness (QED) is 0.0263. The summed E-state index contributed by atoms with van der Waals surface area (Å²) in [6, 6.07) is 0.